The van der Waals surface area contributed by atoms with Gasteiger partial charge in [-0.1, -0.05) is 0 Å². The molecule has 7 heteroatoms. The smallest absolute Gasteiger partial charge is 0.409 e. The zero-order valence-electron chi connectivity index (χ0n) is 11.2. The van der Waals surface area contributed by atoms with Gasteiger partial charge in [0.15, 0.2) is 0 Å². The van der Waals surface area contributed by atoms with Crippen LogP contribution in [0.5, 0.6) is 0 Å². The lowest BCUT2D eigenvalue weighted by Crippen LogP contribution is -2.48. The summed E-state index contributed by atoms with van der Waals surface area (Å²) in [6.45, 7) is 6.49. The molecule has 0 atom stereocenters. The quantitative estimate of drug-likeness (QED) is 0.830. The lowest BCUT2D eigenvalue weighted by Gasteiger charge is -2.31. The predicted molar refractivity (Wildman–Crippen MR) is 68.8 cm³/mol. The lowest BCUT2D eigenvalue weighted by molar-refractivity contribution is 0.0965. The lowest BCUT2D eigenvalue weighted by atomic mass is 10.1. The van der Waals surface area contributed by atoms with Crippen molar-refractivity contribution in [3.8, 4) is 0 Å². The Morgan fingerprint density at radius 1 is 1.39 bits per heavy atom. The normalized spacial score (nSPS) is 18.1. The van der Waals surface area contributed by atoms with Gasteiger partial charge in [0, 0.05) is 19.1 Å². The summed E-state index contributed by atoms with van der Waals surface area (Å²) in [6.07, 6.45) is 0.942. The Hall–Kier alpha value is -0.820. The van der Waals surface area contributed by atoms with E-state index in [2.05, 4.69) is 4.72 Å². The Kier molecular flexibility index (Phi) is 5.40. The molecule has 1 saturated heterocycles. The third-order valence-electron chi connectivity index (χ3n) is 2.97. The maximum Gasteiger partial charge on any atom is 0.409 e. The van der Waals surface area contributed by atoms with Crippen LogP contribution in [-0.4, -0.2) is 50.4 Å². The molecular weight excluding hydrogens is 256 g/mol. The van der Waals surface area contributed by atoms with Crippen LogP contribution in [0.4, 0.5) is 4.79 Å². The highest BCUT2D eigenvalue weighted by molar-refractivity contribution is 7.90. The van der Waals surface area contributed by atoms with Gasteiger partial charge in [-0.3, -0.25) is 0 Å². The van der Waals surface area contributed by atoms with Crippen molar-refractivity contribution < 1.29 is 17.9 Å². The molecule has 0 aromatic heterocycles. The van der Waals surface area contributed by atoms with E-state index in [0.717, 1.165) is 0 Å². The molecular formula is C11H22N2O4S. The van der Waals surface area contributed by atoms with Crippen LogP contribution >= 0.6 is 0 Å². The molecule has 0 radical (unpaired) electrons. The number of likely N-dealkylation sites (tertiary alicyclic amines) is 1. The third kappa shape index (κ3) is 4.13. The number of rotatable bonds is 4. The largest absolute Gasteiger partial charge is 0.450 e. The van der Waals surface area contributed by atoms with Crippen LogP contribution in [0.3, 0.4) is 0 Å². The van der Waals surface area contributed by atoms with Gasteiger partial charge in [-0.05, 0) is 33.6 Å². The molecule has 0 aliphatic carbocycles. The molecule has 0 spiro atoms. The predicted octanol–water partition coefficient (Wildman–Crippen LogP) is 0.935. The van der Waals surface area contributed by atoms with E-state index in [1.54, 1.807) is 25.7 Å². The third-order valence-corrected chi connectivity index (χ3v) is 4.88. The van der Waals surface area contributed by atoms with Crippen molar-refractivity contribution in [3.05, 3.63) is 0 Å². The summed E-state index contributed by atoms with van der Waals surface area (Å²) >= 11 is 0. The van der Waals surface area contributed by atoms with Crippen LogP contribution in [0.15, 0.2) is 0 Å². The Morgan fingerprint density at radius 2 is 1.94 bits per heavy atom. The summed E-state index contributed by atoms with van der Waals surface area (Å²) in [5.74, 6) is 0. The van der Waals surface area contributed by atoms with Gasteiger partial charge >= 0.3 is 6.09 Å². The van der Waals surface area contributed by atoms with E-state index in [1.165, 1.54) is 0 Å². The molecule has 0 saturated carbocycles. The number of nitrogens with zero attached hydrogens (tertiary/aromatic N) is 1. The fourth-order valence-corrected chi connectivity index (χ4v) is 2.74. The molecule has 106 valence electrons. The van der Waals surface area contributed by atoms with Gasteiger partial charge in [0.1, 0.15) is 0 Å². The number of piperidine rings is 1. The summed E-state index contributed by atoms with van der Waals surface area (Å²) < 4.78 is 31.0. The average Bonchev–Trinajstić information content (AvgIpc) is 2.29. The standard InChI is InChI=1S/C11H22N2O4S/c1-4-17-11(14)13-7-5-10(6-8-13)12-18(15,16)9(2)3/h9-10,12H,4-8H2,1-3H3. The molecule has 1 N–H and O–H groups in total. The van der Waals surface area contributed by atoms with Gasteiger partial charge in [-0.15, -0.1) is 0 Å². The number of hydrogen-bond acceptors (Lipinski definition) is 4. The molecule has 1 amide bonds. The summed E-state index contributed by atoms with van der Waals surface area (Å²) in [6, 6.07) is -0.0805. The second-order valence-electron chi connectivity index (χ2n) is 4.67. The van der Waals surface area contributed by atoms with Gasteiger partial charge in [0.25, 0.3) is 0 Å². The number of carbonyl (C=O) groups excluding carboxylic acids is 1. The number of hydrogen-bond donors (Lipinski definition) is 1. The van der Waals surface area contributed by atoms with Crippen molar-refractivity contribution >= 4 is 16.1 Å². The summed E-state index contributed by atoms with van der Waals surface area (Å²) in [5, 5.41) is -0.430. The minimum absolute atomic E-state index is 0.0805. The van der Waals surface area contributed by atoms with E-state index in [0.29, 0.717) is 32.5 Å². The van der Waals surface area contributed by atoms with Crippen molar-refractivity contribution in [2.45, 2.75) is 44.9 Å². The minimum atomic E-state index is -3.23. The van der Waals surface area contributed by atoms with E-state index < -0.39 is 15.3 Å². The van der Waals surface area contributed by atoms with Gasteiger partial charge < -0.3 is 9.64 Å². The highest BCUT2D eigenvalue weighted by atomic mass is 32.2. The Labute approximate surface area is 109 Å². The Bertz CT molecular complexity index is 373. The van der Waals surface area contributed by atoms with E-state index in [9.17, 15) is 13.2 Å². The molecule has 18 heavy (non-hydrogen) atoms. The molecule has 0 unspecified atom stereocenters. The van der Waals surface area contributed by atoms with Crippen molar-refractivity contribution in [2.75, 3.05) is 19.7 Å². The fourth-order valence-electron chi connectivity index (χ4n) is 1.76. The average molecular weight is 278 g/mol. The molecule has 1 aliphatic rings. The number of amides is 1. The van der Waals surface area contributed by atoms with Crippen molar-refractivity contribution in [1.29, 1.82) is 0 Å². The van der Waals surface area contributed by atoms with Crippen LogP contribution < -0.4 is 4.72 Å². The van der Waals surface area contributed by atoms with Crippen molar-refractivity contribution in [2.24, 2.45) is 0 Å². The summed E-state index contributed by atoms with van der Waals surface area (Å²) in [7, 11) is -3.23. The fraction of sp³-hybridized carbons (Fsp3) is 0.909. The topological polar surface area (TPSA) is 75.7 Å². The van der Waals surface area contributed by atoms with E-state index in [4.69, 9.17) is 4.74 Å². The summed E-state index contributed by atoms with van der Waals surface area (Å²) in [5.41, 5.74) is 0. The first-order valence-corrected chi connectivity index (χ1v) is 7.84. The van der Waals surface area contributed by atoms with Gasteiger partial charge in [0.05, 0.1) is 11.9 Å². The molecule has 0 aromatic rings. The molecule has 6 nitrogen and oxygen atoms in total. The molecule has 1 fully saturated rings. The zero-order chi connectivity index (χ0) is 13.8. The van der Waals surface area contributed by atoms with Gasteiger partial charge in [0.2, 0.25) is 10.0 Å². The molecule has 0 aromatic carbocycles. The highest BCUT2D eigenvalue weighted by Gasteiger charge is 2.27. The first-order chi connectivity index (χ1) is 8.36. The zero-order valence-corrected chi connectivity index (χ0v) is 12.0. The Morgan fingerprint density at radius 3 is 2.39 bits per heavy atom. The number of carbonyl (C=O) groups is 1. The van der Waals surface area contributed by atoms with Crippen LogP contribution in [0.25, 0.3) is 0 Å². The number of nitrogens with one attached hydrogen (secondary N) is 1. The number of ether oxygens (including phenoxy) is 1. The van der Waals surface area contributed by atoms with Gasteiger partial charge in [-0.2, -0.15) is 0 Å². The summed E-state index contributed by atoms with van der Waals surface area (Å²) in [4.78, 5) is 13.1. The van der Waals surface area contributed by atoms with E-state index in [-0.39, 0.29) is 12.1 Å². The minimum Gasteiger partial charge on any atom is -0.450 e. The number of sulfonamides is 1. The second kappa shape index (κ2) is 6.38. The molecule has 0 bridgehead atoms. The monoisotopic (exact) mass is 278 g/mol. The second-order valence-corrected chi connectivity index (χ2v) is 6.94. The van der Waals surface area contributed by atoms with E-state index >= 15 is 0 Å². The first kappa shape index (κ1) is 15.2. The molecule has 1 aliphatic heterocycles. The van der Waals surface area contributed by atoms with Crippen LogP contribution in [0, 0.1) is 0 Å². The van der Waals surface area contributed by atoms with Crippen molar-refractivity contribution in [1.82, 2.24) is 9.62 Å². The maximum absolute atomic E-state index is 11.7. The first-order valence-electron chi connectivity index (χ1n) is 6.29. The molecule has 1 heterocycles. The van der Waals surface area contributed by atoms with Gasteiger partial charge in [-0.25, -0.2) is 17.9 Å². The van der Waals surface area contributed by atoms with Crippen LogP contribution in [0.1, 0.15) is 33.6 Å². The maximum atomic E-state index is 11.7. The Balaban J connectivity index is 2.43. The molecule has 1 rings (SSSR count). The van der Waals surface area contributed by atoms with E-state index in [1.807, 2.05) is 0 Å². The van der Waals surface area contributed by atoms with Crippen molar-refractivity contribution in [3.63, 3.8) is 0 Å². The SMILES string of the molecule is CCOC(=O)N1CCC(NS(=O)(=O)C(C)C)CC1. The van der Waals surface area contributed by atoms with Crippen LogP contribution in [0.2, 0.25) is 0 Å². The van der Waals surface area contributed by atoms with Crippen LogP contribution in [-0.2, 0) is 14.8 Å². The highest BCUT2D eigenvalue weighted by Crippen LogP contribution is 2.13.